The standard InChI is InChI=1S/C16H12ClN3O2/c17-11-7-5-10(6-8-11)15(21)18-9-14-12-3-1-2-4-13(12)16(22)20-19-14/h1-8H,9H2,(H,18,21)(H,20,22). The second-order valence-corrected chi connectivity index (χ2v) is 5.17. The molecule has 0 radical (unpaired) electrons. The predicted octanol–water partition coefficient (Wildman–Crippen LogP) is 2.51. The Hall–Kier alpha value is -2.66. The number of benzene rings is 2. The van der Waals surface area contributed by atoms with E-state index in [1.54, 1.807) is 42.5 Å². The molecule has 1 aromatic heterocycles. The number of amides is 1. The summed E-state index contributed by atoms with van der Waals surface area (Å²) in [5, 5.41) is 11.1. The van der Waals surface area contributed by atoms with Crippen LogP contribution in [0.5, 0.6) is 0 Å². The van der Waals surface area contributed by atoms with Gasteiger partial charge < -0.3 is 5.32 Å². The second kappa shape index (κ2) is 5.99. The van der Waals surface area contributed by atoms with E-state index < -0.39 is 0 Å². The molecular formula is C16H12ClN3O2. The number of aromatic nitrogens is 2. The van der Waals surface area contributed by atoms with Gasteiger partial charge in [0.1, 0.15) is 0 Å². The number of carbonyl (C=O) groups excluding carboxylic acids is 1. The van der Waals surface area contributed by atoms with Crippen molar-refractivity contribution in [2.45, 2.75) is 6.54 Å². The quantitative estimate of drug-likeness (QED) is 0.780. The Kier molecular flexibility index (Phi) is 3.89. The highest BCUT2D eigenvalue weighted by atomic mass is 35.5. The van der Waals surface area contributed by atoms with Crippen molar-refractivity contribution in [1.82, 2.24) is 15.5 Å². The zero-order chi connectivity index (χ0) is 15.5. The molecule has 0 saturated heterocycles. The van der Waals surface area contributed by atoms with Crippen molar-refractivity contribution in [3.63, 3.8) is 0 Å². The van der Waals surface area contributed by atoms with Gasteiger partial charge in [-0.15, -0.1) is 0 Å². The average Bonchev–Trinajstić information content (AvgIpc) is 2.55. The van der Waals surface area contributed by atoms with Gasteiger partial charge in [0.25, 0.3) is 11.5 Å². The Labute approximate surface area is 130 Å². The second-order valence-electron chi connectivity index (χ2n) is 4.73. The third-order valence-electron chi connectivity index (χ3n) is 3.30. The molecule has 0 fully saturated rings. The van der Waals surface area contributed by atoms with Crippen LogP contribution < -0.4 is 10.9 Å². The number of aromatic amines is 1. The van der Waals surface area contributed by atoms with E-state index in [-0.39, 0.29) is 18.0 Å². The van der Waals surface area contributed by atoms with Crippen LogP contribution in [0.1, 0.15) is 16.1 Å². The van der Waals surface area contributed by atoms with Gasteiger partial charge in [-0.05, 0) is 30.3 Å². The molecule has 0 bridgehead atoms. The highest BCUT2D eigenvalue weighted by Crippen LogP contribution is 2.13. The Bertz CT molecular complexity index is 888. The molecule has 0 aliphatic rings. The smallest absolute Gasteiger partial charge is 0.272 e. The van der Waals surface area contributed by atoms with Gasteiger partial charge in [0.05, 0.1) is 17.6 Å². The van der Waals surface area contributed by atoms with E-state index >= 15 is 0 Å². The molecule has 5 nitrogen and oxygen atoms in total. The molecule has 0 spiro atoms. The van der Waals surface area contributed by atoms with Crippen LogP contribution in [0.15, 0.2) is 53.3 Å². The minimum absolute atomic E-state index is 0.221. The lowest BCUT2D eigenvalue weighted by Crippen LogP contribution is -2.24. The van der Waals surface area contributed by atoms with E-state index in [1.807, 2.05) is 6.07 Å². The highest BCUT2D eigenvalue weighted by Gasteiger charge is 2.09. The monoisotopic (exact) mass is 313 g/mol. The fraction of sp³-hybridized carbons (Fsp3) is 0.0625. The number of H-pyrrole nitrogens is 1. The minimum atomic E-state index is -0.247. The molecule has 110 valence electrons. The lowest BCUT2D eigenvalue weighted by Gasteiger charge is -2.07. The normalized spacial score (nSPS) is 10.6. The number of rotatable bonds is 3. The van der Waals surface area contributed by atoms with E-state index in [0.717, 1.165) is 5.39 Å². The lowest BCUT2D eigenvalue weighted by atomic mass is 10.1. The molecule has 0 atom stereocenters. The molecule has 0 saturated carbocycles. The molecule has 0 aliphatic carbocycles. The molecule has 0 unspecified atom stereocenters. The maximum Gasteiger partial charge on any atom is 0.272 e. The predicted molar refractivity (Wildman–Crippen MR) is 85.0 cm³/mol. The van der Waals surface area contributed by atoms with E-state index in [2.05, 4.69) is 15.5 Å². The third-order valence-corrected chi connectivity index (χ3v) is 3.55. The zero-order valence-corrected chi connectivity index (χ0v) is 12.2. The summed E-state index contributed by atoms with van der Waals surface area (Å²) in [7, 11) is 0. The molecule has 22 heavy (non-hydrogen) atoms. The van der Waals surface area contributed by atoms with Gasteiger partial charge in [-0.25, -0.2) is 5.10 Å². The number of carbonyl (C=O) groups is 1. The molecule has 6 heteroatoms. The number of hydrogen-bond donors (Lipinski definition) is 2. The van der Waals surface area contributed by atoms with Crippen molar-refractivity contribution in [3.8, 4) is 0 Å². The first-order valence-corrected chi connectivity index (χ1v) is 7.03. The summed E-state index contributed by atoms with van der Waals surface area (Å²) in [6.45, 7) is 0.221. The first-order valence-electron chi connectivity index (χ1n) is 6.65. The van der Waals surface area contributed by atoms with Crippen LogP contribution in [-0.4, -0.2) is 16.1 Å². The van der Waals surface area contributed by atoms with Crippen LogP contribution in [0, 0.1) is 0 Å². The summed E-state index contributed by atoms with van der Waals surface area (Å²) in [5.74, 6) is -0.228. The average molecular weight is 314 g/mol. The fourth-order valence-electron chi connectivity index (χ4n) is 2.17. The first kappa shape index (κ1) is 14.3. The number of halogens is 1. The zero-order valence-electron chi connectivity index (χ0n) is 11.5. The van der Waals surface area contributed by atoms with Gasteiger partial charge in [0.2, 0.25) is 0 Å². The summed E-state index contributed by atoms with van der Waals surface area (Å²) in [6.07, 6.45) is 0. The van der Waals surface area contributed by atoms with Gasteiger partial charge >= 0.3 is 0 Å². The Morgan fingerprint density at radius 1 is 1.09 bits per heavy atom. The largest absolute Gasteiger partial charge is 0.346 e. The van der Waals surface area contributed by atoms with Crippen LogP contribution in [0.4, 0.5) is 0 Å². The van der Waals surface area contributed by atoms with Gasteiger partial charge in [-0.1, -0.05) is 29.8 Å². The molecule has 1 heterocycles. The number of hydrogen-bond acceptors (Lipinski definition) is 3. The Morgan fingerprint density at radius 3 is 2.50 bits per heavy atom. The molecular weight excluding hydrogens is 302 g/mol. The summed E-state index contributed by atoms with van der Waals surface area (Å²) >= 11 is 5.79. The van der Waals surface area contributed by atoms with E-state index in [1.165, 1.54) is 0 Å². The van der Waals surface area contributed by atoms with Crippen molar-refractivity contribution < 1.29 is 4.79 Å². The maximum absolute atomic E-state index is 12.1. The van der Waals surface area contributed by atoms with Crippen LogP contribution >= 0.6 is 11.6 Å². The molecule has 2 aromatic carbocycles. The van der Waals surface area contributed by atoms with Gasteiger partial charge in [-0.3, -0.25) is 9.59 Å². The van der Waals surface area contributed by atoms with Crippen molar-refractivity contribution in [3.05, 3.63) is 75.2 Å². The summed E-state index contributed by atoms with van der Waals surface area (Å²) in [5.41, 5.74) is 0.874. The topological polar surface area (TPSA) is 74.8 Å². The van der Waals surface area contributed by atoms with Crippen LogP contribution in [-0.2, 0) is 6.54 Å². The van der Waals surface area contributed by atoms with E-state index in [9.17, 15) is 9.59 Å². The summed E-state index contributed by atoms with van der Waals surface area (Å²) in [4.78, 5) is 23.8. The fourth-order valence-corrected chi connectivity index (χ4v) is 2.30. The maximum atomic E-state index is 12.1. The number of fused-ring (bicyclic) bond motifs is 1. The molecule has 2 N–H and O–H groups in total. The number of nitrogens with one attached hydrogen (secondary N) is 2. The third kappa shape index (κ3) is 2.84. The van der Waals surface area contributed by atoms with E-state index in [4.69, 9.17) is 11.6 Å². The Balaban J connectivity index is 1.82. The summed E-state index contributed by atoms with van der Waals surface area (Å²) in [6, 6.07) is 13.8. The molecule has 3 aromatic rings. The van der Waals surface area contributed by atoms with E-state index in [0.29, 0.717) is 21.7 Å². The van der Waals surface area contributed by atoms with Crippen molar-refractivity contribution in [2.24, 2.45) is 0 Å². The van der Waals surface area contributed by atoms with Crippen LogP contribution in [0.25, 0.3) is 10.8 Å². The first-order chi connectivity index (χ1) is 10.6. The Morgan fingerprint density at radius 2 is 1.77 bits per heavy atom. The molecule has 3 rings (SSSR count). The lowest BCUT2D eigenvalue weighted by molar-refractivity contribution is 0.0950. The van der Waals surface area contributed by atoms with Crippen molar-refractivity contribution >= 4 is 28.3 Å². The minimum Gasteiger partial charge on any atom is -0.346 e. The number of nitrogens with zero attached hydrogens (tertiary/aromatic N) is 1. The van der Waals surface area contributed by atoms with Crippen molar-refractivity contribution in [2.75, 3.05) is 0 Å². The van der Waals surface area contributed by atoms with Crippen molar-refractivity contribution in [1.29, 1.82) is 0 Å². The van der Waals surface area contributed by atoms with Crippen LogP contribution in [0.2, 0.25) is 5.02 Å². The van der Waals surface area contributed by atoms with Gasteiger partial charge in [-0.2, -0.15) is 5.10 Å². The molecule has 1 amide bonds. The van der Waals surface area contributed by atoms with Gasteiger partial charge in [0, 0.05) is 16.0 Å². The summed E-state index contributed by atoms with van der Waals surface area (Å²) < 4.78 is 0. The highest BCUT2D eigenvalue weighted by molar-refractivity contribution is 6.30. The molecule has 0 aliphatic heterocycles. The van der Waals surface area contributed by atoms with Crippen LogP contribution in [0.3, 0.4) is 0 Å². The SMILES string of the molecule is O=C(NCc1n[nH]c(=O)c2ccccc12)c1ccc(Cl)cc1. The van der Waals surface area contributed by atoms with Gasteiger partial charge in [0.15, 0.2) is 0 Å².